The zero-order valence-corrected chi connectivity index (χ0v) is 21.2. The highest BCUT2D eigenvalue weighted by Crippen LogP contribution is 2.36. The fourth-order valence-electron chi connectivity index (χ4n) is 5.38. The van der Waals surface area contributed by atoms with Gasteiger partial charge in [0.15, 0.2) is 13.6 Å². The van der Waals surface area contributed by atoms with Crippen LogP contribution in [-0.2, 0) is 22.7 Å². The molecule has 200 valence electrons. The van der Waals surface area contributed by atoms with E-state index >= 15 is 0 Å². The maximum Gasteiger partial charge on any atom is 0.436 e. The zero-order valence-electron chi connectivity index (χ0n) is 21.2. The Balaban J connectivity index is 1.12. The molecule has 7 rings (SSSR count). The number of benzene rings is 3. The number of para-hydroxylation sites is 1. The molecule has 0 bridgehead atoms. The number of amides is 1. The van der Waals surface area contributed by atoms with Crippen molar-refractivity contribution in [3.63, 3.8) is 0 Å². The van der Waals surface area contributed by atoms with E-state index in [1.165, 1.54) is 4.85 Å². The van der Waals surface area contributed by atoms with Crippen LogP contribution < -0.4 is 14.3 Å². The summed E-state index contributed by atoms with van der Waals surface area (Å²) in [6.07, 6.45) is -0.451. The van der Waals surface area contributed by atoms with Crippen molar-refractivity contribution >= 4 is 17.1 Å². The van der Waals surface area contributed by atoms with Crippen LogP contribution in [0.5, 0.6) is 11.5 Å². The fraction of sp³-hybridized carbons (Fsp3) is 0.321. The number of piperazine rings is 1. The molecule has 1 aromatic heterocycles. The van der Waals surface area contributed by atoms with Crippen molar-refractivity contribution < 1.29 is 28.6 Å². The van der Waals surface area contributed by atoms with E-state index in [0.717, 1.165) is 33.8 Å². The Morgan fingerprint density at radius 3 is 2.13 bits per heavy atom. The van der Waals surface area contributed by atoms with Crippen molar-refractivity contribution in [2.24, 2.45) is 0 Å². The summed E-state index contributed by atoms with van der Waals surface area (Å²) in [6, 6.07) is 19.9. The Kier molecular flexibility index (Phi) is 6.23. The number of carbonyl (C=O) groups excluding carboxylic acids is 1. The van der Waals surface area contributed by atoms with Gasteiger partial charge in [-0.3, -0.25) is 9.74 Å². The lowest BCUT2D eigenvalue weighted by Crippen LogP contribution is -2.51. The third-order valence-electron chi connectivity index (χ3n) is 7.33. The first-order valence-corrected chi connectivity index (χ1v) is 12.9. The van der Waals surface area contributed by atoms with Crippen LogP contribution in [0.4, 0.5) is 4.79 Å². The molecule has 0 radical (unpaired) electrons. The van der Waals surface area contributed by atoms with E-state index in [9.17, 15) is 4.79 Å². The minimum absolute atomic E-state index is 0.0399. The fourth-order valence-corrected chi connectivity index (χ4v) is 5.38. The molecule has 3 aromatic carbocycles. The first-order valence-electron chi connectivity index (χ1n) is 12.9. The number of nitrogens with zero attached hydrogens (tertiary/aromatic N) is 5. The first-order chi connectivity index (χ1) is 19.2. The average molecular weight is 530 g/mol. The number of aromatic nitrogens is 3. The van der Waals surface area contributed by atoms with Gasteiger partial charge in [0.25, 0.3) is 0 Å². The van der Waals surface area contributed by atoms with E-state index in [-0.39, 0.29) is 19.6 Å². The van der Waals surface area contributed by atoms with Gasteiger partial charge in [-0.2, -0.15) is 0 Å². The number of carbonyl (C=O) groups is 1. The Morgan fingerprint density at radius 1 is 0.821 bits per heavy atom. The summed E-state index contributed by atoms with van der Waals surface area (Å²) in [5, 5.41) is 8.02. The third-order valence-corrected chi connectivity index (χ3v) is 7.33. The molecule has 39 heavy (non-hydrogen) atoms. The van der Waals surface area contributed by atoms with E-state index in [1.54, 1.807) is 4.90 Å². The van der Waals surface area contributed by atoms with Crippen LogP contribution in [0.1, 0.15) is 28.3 Å². The minimum atomic E-state index is -0.451. The molecule has 4 aromatic rings. The predicted molar refractivity (Wildman–Crippen MR) is 138 cm³/mol. The van der Waals surface area contributed by atoms with Gasteiger partial charge in [-0.15, -0.1) is 5.10 Å². The van der Waals surface area contributed by atoms with Crippen molar-refractivity contribution in [3.05, 3.63) is 82.9 Å². The van der Waals surface area contributed by atoms with Gasteiger partial charge in [0.2, 0.25) is 0 Å². The highest BCUT2D eigenvalue weighted by Gasteiger charge is 2.31. The molecule has 0 saturated carbocycles. The molecule has 1 amide bonds. The van der Waals surface area contributed by atoms with Crippen LogP contribution in [0.25, 0.3) is 11.0 Å². The summed E-state index contributed by atoms with van der Waals surface area (Å²) in [5.41, 5.74) is 5.62. The van der Waals surface area contributed by atoms with E-state index < -0.39 is 6.09 Å². The average Bonchev–Trinajstić information content (AvgIpc) is 3.40. The summed E-state index contributed by atoms with van der Waals surface area (Å²) in [7, 11) is 0. The molecule has 0 N–H and O–H groups in total. The number of ether oxygens (including phenoxy) is 4. The zero-order chi connectivity index (χ0) is 26.2. The second-order valence-corrected chi connectivity index (χ2v) is 9.69. The van der Waals surface area contributed by atoms with Gasteiger partial charge in [-0.25, -0.2) is 4.79 Å². The lowest BCUT2D eigenvalue weighted by atomic mass is 9.93. The molecule has 11 heteroatoms. The van der Waals surface area contributed by atoms with Crippen LogP contribution in [0.3, 0.4) is 0 Å². The van der Waals surface area contributed by atoms with Crippen LogP contribution in [-0.4, -0.2) is 70.8 Å². The molecule has 3 aliphatic rings. The van der Waals surface area contributed by atoms with Crippen molar-refractivity contribution in [3.8, 4) is 11.5 Å². The van der Waals surface area contributed by atoms with E-state index in [4.69, 9.17) is 23.8 Å². The normalized spacial score (nSPS) is 17.3. The predicted octanol–water partition coefficient (Wildman–Crippen LogP) is 3.12. The van der Waals surface area contributed by atoms with Crippen LogP contribution >= 0.6 is 0 Å². The van der Waals surface area contributed by atoms with Crippen LogP contribution in [0.2, 0.25) is 0 Å². The van der Waals surface area contributed by atoms with Gasteiger partial charge in [0.05, 0.1) is 19.3 Å². The maximum atomic E-state index is 13.0. The summed E-state index contributed by atoms with van der Waals surface area (Å²) in [5.74, 6) is 1.70. The van der Waals surface area contributed by atoms with E-state index in [2.05, 4.69) is 39.5 Å². The van der Waals surface area contributed by atoms with Crippen molar-refractivity contribution in [1.82, 2.24) is 25.0 Å². The molecule has 1 saturated heterocycles. The molecule has 1 fully saturated rings. The molecule has 0 aliphatic carbocycles. The highest BCUT2D eigenvalue weighted by atomic mass is 16.7. The van der Waals surface area contributed by atoms with Crippen molar-refractivity contribution in [2.75, 3.05) is 39.8 Å². The molecule has 4 heterocycles. The van der Waals surface area contributed by atoms with E-state index in [1.807, 2.05) is 36.4 Å². The first kappa shape index (κ1) is 23.9. The second-order valence-electron chi connectivity index (χ2n) is 9.69. The second kappa shape index (κ2) is 10.2. The quantitative estimate of drug-likeness (QED) is 0.369. The monoisotopic (exact) mass is 529 g/mol. The van der Waals surface area contributed by atoms with Crippen LogP contribution in [0.15, 0.2) is 60.7 Å². The summed E-state index contributed by atoms with van der Waals surface area (Å²) < 4.78 is 22.4. The molecular formula is C28H27N5O6. The van der Waals surface area contributed by atoms with Crippen LogP contribution in [0, 0.1) is 0 Å². The Hall–Kier alpha value is -4.19. The molecule has 11 nitrogen and oxygen atoms in total. The molecule has 0 unspecified atom stereocenters. The Morgan fingerprint density at radius 2 is 1.46 bits per heavy atom. The van der Waals surface area contributed by atoms with E-state index in [0.29, 0.717) is 50.4 Å². The molecule has 3 aliphatic heterocycles. The Bertz CT molecular complexity index is 1460. The van der Waals surface area contributed by atoms with Crippen molar-refractivity contribution in [1.29, 1.82) is 0 Å². The minimum Gasteiger partial charge on any atom is -0.467 e. The third kappa shape index (κ3) is 4.65. The maximum absolute atomic E-state index is 13.0. The Labute approximate surface area is 224 Å². The highest BCUT2D eigenvalue weighted by molar-refractivity contribution is 5.75. The summed E-state index contributed by atoms with van der Waals surface area (Å²) in [4.78, 5) is 23.8. The van der Waals surface area contributed by atoms with Gasteiger partial charge < -0.3 is 23.8 Å². The topological polar surface area (TPSA) is 100 Å². The van der Waals surface area contributed by atoms with Gasteiger partial charge in [0.1, 0.15) is 22.5 Å². The van der Waals surface area contributed by atoms with Crippen molar-refractivity contribution in [2.45, 2.75) is 19.3 Å². The van der Waals surface area contributed by atoms with Gasteiger partial charge in [-0.05, 0) is 52.7 Å². The largest absolute Gasteiger partial charge is 0.467 e. The summed E-state index contributed by atoms with van der Waals surface area (Å²) >= 11 is 0. The lowest BCUT2D eigenvalue weighted by molar-refractivity contribution is -0.0165. The molecular weight excluding hydrogens is 502 g/mol. The summed E-state index contributed by atoms with van der Waals surface area (Å²) in [6.45, 7) is 3.90. The molecule has 0 atom stereocenters. The number of rotatable bonds is 4. The standard InChI is InChI=1S/C28H27N5O6/c34-28(39-33-24-4-2-1-3-23(24)29-30-33)32-11-9-31(10-12-32)27(19-5-7-25-21(13-19)15-35-17-37-25)20-6-8-26-22(14-20)16-36-18-38-26/h1-8,13-14,27H,9-12,15-18H2. The number of hydrogen-bond donors (Lipinski definition) is 0. The number of hydrogen-bond acceptors (Lipinski definition) is 9. The lowest BCUT2D eigenvalue weighted by Gasteiger charge is -2.39. The van der Waals surface area contributed by atoms with Gasteiger partial charge >= 0.3 is 6.09 Å². The number of fused-ring (bicyclic) bond motifs is 3. The SMILES string of the molecule is O=C(On1nnc2ccccc21)N1CCN(C(c2ccc3c(c2)COCO3)c2ccc3c(c2)COCO3)CC1. The molecule has 0 spiro atoms. The smallest absolute Gasteiger partial charge is 0.436 e. The van der Waals surface area contributed by atoms with Gasteiger partial charge in [-0.1, -0.05) is 29.1 Å². The van der Waals surface area contributed by atoms with Gasteiger partial charge in [0, 0.05) is 37.3 Å².